The van der Waals surface area contributed by atoms with Gasteiger partial charge in [-0.2, -0.15) is 0 Å². The lowest BCUT2D eigenvalue weighted by molar-refractivity contribution is -0.139. The number of imidazole rings is 1. The van der Waals surface area contributed by atoms with E-state index in [1.807, 2.05) is 24.3 Å². The normalized spacial score (nSPS) is 16.3. The van der Waals surface area contributed by atoms with Gasteiger partial charge in [-0.05, 0) is 18.2 Å². The number of ether oxygens (including phenoxy) is 3. The number of nitrogens with one attached hydrogen (secondary N) is 1. The Morgan fingerprint density at radius 3 is 3.00 bits per heavy atom. The van der Waals surface area contributed by atoms with Gasteiger partial charge in [-0.25, -0.2) is 9.78 Å². The molecule has 0 spiro atoms. The van der Waals surface area contributed by atoms with E-state index < -0.39 is 5.97 Å². The summed E-state index contributed by atoms with van der Waals surface area (Å²) in [4.78, 5) is 37.9. The summed E-state index contributed by atoms with van der Waals surface area (Å²) in [6.45, 7) is 1.70. The number of H-pyrrole nitrogens is 1. The number of aromatic amines is 1. The molecule has 0 aliphatic carbocycles. The number of carbonyl (C=O) groups is 2. The highest BCUT2D eigenvalue weighted by Gasteiger charge is 2.25. The molecule has 1 saturated heterocycles. The first-order valence-corrected chi connectivity index (χ1v) is 10.1. The van der Waals surface area contributed by atoms with Crippen LogP contribution in [0, 0.1) is 0 Å². The molecule has 0 bridgehead atoms. The van der Waals surface area contributed by atoms with Crippen LogP contribution in [0.5, 0.6) is 5.75 Å². The predicted molar refractivity (Wildman–Crippen MR) is 112 cm³/mol. The van der Waals surface area contributed by atoms with Crippen molar-refractivity contribution in [3.05, 3.63) is 54.1 Å². The SMILES string of the molecule is COC(=O)c1cncc(OCC2CN(C(=O)CCc3nc4ccccc4[nH]3)CCO2)c1. The molecular weight excluding hydrogens is 400 g/mol. The number of esters is 1. The van der Waals surface area contributed by atoms with Crippen LogP contribution < -0.4 is 4.74 Å². The van der Waals surface area contributed by atoms with Crippen LogP contribution in [-0.4, -0.2) is 71.2 Å². The number of hydrogen-bond donors (Lipinski definition) is 1. The number of aromatic nitrogens is 3. The summed E-state index contributed by atoms with van der Waals surface area (Å²) < 4.78 is 16.1. The maximum atomic E-state index is 12.7. The summed E-state index contributed by atoms with van der Waals surface area (Å²) >= 11 is 0. The van der Waals surface area contributed by atoms with Crippen molar-refractivity contribution < 1.29 is 23.8 Å². The molecule has 1 atom stereocenters. The average molecular weight is 424 g/mol. The van der Waals surface area contributed by atoms with E-state index in [1.165, 1.54) is 19.5 Å². The van der Waals surface area contributed by atoms with Gasteiger partial charge in [0.2, 0.25) is 5.91 Å². The highest BCUT2D eigenvalue weighted by molar-refractivity contribution is 5.89. The largest absolute Gasteiger partial charge is 0.489 e. The van der Waals surface area contributed by atoms with Gasteiger partial charge >= 0.3 is 5.97 Å². The van der Waals surface area contributed by atoms with Crippen LogP contribution in [0.15, 0.2) is 42.7 Å². The van der Waals surface area contributed by atoms with Gasteiger partial charge in [0.05, 0.1) is 43.1 Å². The second kappa shape index (κ2) is 9.57. The molecule has 3 aromatic rings. The molecule has 9 nitrogen and oxygen atoms in total. The minimum absolute atomic E-state index is 0.0584. The number of carbonyl (C=O) groups excluding carboxylic acids is 2. The summed E-state index contributed by atoms with van der Waals surface area (Å²) in [6.07, 6.45) is 3.60. The third-order valence-electron chi connectivity index (χ3n) is 5.08. The first-order valence-electron chi connectivity index (χ1n) is 10.1. The number of methoxy groups -OCH3 is 1. The second-order valence-electron chi connectivity index (χ2n) is 7.25. The summed E-state index contributed by atoms with van der Waals surface area (Å²) in [7, 11) is 1.31. The fourth-order valence-corrected chi connectivity index (χ4v) is 3.47. The summed E-state index contributed by atoms with van der Waals surface area (Å²) in [6, 6.07) is 9.37. The Morgan fingerprint density at radius 2 is 2.16 bits per heavy atom. The molecule has 3 heterocycles. The van der Waals surface area contributed by atoms with Crippen molar-refractivity contribution in [2.24, 2.45) is 0 Å². The smallest absolute Gasteiger partial charge is 0.339 e. The molecule has 162 valence electrons. The number of morpholine rings is 1. The van der Waals surface area contributed by atoms with Gasteiger partial charge in [-0.15, -0.1) is 0 Å². The van der Waals surface area contributed by atoms with E-state index in [9.17, 15) is 9.59 Å². The molecular formula is C22H24N4O5. The number of aryl methyl sites for hydroxylation is 1. The quantitative estimate of drug-likeness (QED) is 0.578. The Labute approximate surface area is 179 Å². The molecule has 1 aliphatic rings. The number of nitrogens with zero attached hydrogens (tertiary/aromatic N) is 3. The lowest BCUT2D eigenvalue weighted by Gasteiger charge is -2.32. The highest BCUT2D eigenvalue weighted by atomic mass is 16.5. The van der Waals surface area contributed by atoms with E-state index in [0.717, 1.165) is 16.9 Å². The van der Waals surface area contributed by atoms with Gasteiger partial charge in [0.1, 0.15) is 24.3 Å². The fourth-order valence-electron chi connectivity index (χ4n) is 3.47. The maximum Gasteiger partial charge on any atom is 0.339 e. The Morgan fingerprint density at radius 1 is 1.29 bits per heavy atom. The average Bonchev–Trinajstić information content (AvgIpc) is 3.24. The zero-order chi connectivity index (χ0) is 21.6. The van der Waals surface area contributed by atoms with Crippen LogP contribution in [0.1, 0.15) is 22.6 Å². The monoisotopic (exact) mass is 424 g/mol. The number of amides is 1. The Kier molecular flexibility index (Phi) is 6.42. The first-order chi connectivity index (χ1) is 15.1. The van der Waals surface area contributed by atoms with Crippen molar-refractivity contribution in [3.8, 4) is 5.75 Å². The zero-order valence-corrected chi connectivity index (χ0v) is 17.2. The van der Waals surface area contributed by atoms with Crippen molar-refractivity contribution in [1.82, 2.24) is 19.9 Å². The van der Waals surface area contributed by atoms with E-state index in [1.54, 1.807) is 11.0 Å². The first kappa shape index (κ1) is 20.8. The molecule has 9 heteroatoms. The van der Waals surface area contributed by atoms with Crippen LogP contribution >= 0.6 is 0 Å². The van der Waals surface area contributed by atoms with Gasteiger partial charge in [-0.3, -0.25) is 9.78 Å². The summed E-state index contributed by atoms with van der Waals surface area (Å²) in [5, 5.41) is 0. The molecule has 1 N–H and O–H groups in total. The van der Waals surface area contributed by atoms with Gasteiger partial charge in [0.15, 0.2) is 0 Å². The number of rotatable bonds is 7. The molecule has 0 radical (unpaired) electrons. The van der Waals surface area contributed by atoms with Crippen LogP contribution in [0.25, 0.3) is 11.0 Å². The van der Waals surface area contributed by atoms with Crippen molar-refractivity contribution >= 4 is 22.9 Å². The molecule has 1 fully saturated rings. The molecule has 1 aromatic carbocycles. The number of benzene rings is 1. The number of pyridine rings is 1. The van der Waals surface area contributed by atoms with Crippen LogP contribution in [-0.2, 0) is 20.7 Å². The lowest BCUT2D eigenvalue weighted by Crippen LogP contribution is -2.47. The molecule has 31 heavy (non-hydrogen) atoms. The van der Waals surface area contributed by atoms with Crippen LogP contribution in [0.2, 0.25) is 0 Å². The van der Waals surface area contributed by atoms with E-state index in [2.05, 4.69) is 19.7 Å². The van der Waals surface area contributed by atoms with Crippen molar-refractivity contribution in [2.75, 3.05) is 33.4 Å². The standard InChI is InChI=1S/C22H24N4O5/c1-29-22(28)15-10-16(12-23-11-15)31-14-17-13-26(8-9-30-17)21(27)7-6-20-24-18-4-2-3-5-19(18)25-20/h2-5,10-12,17H,6-9,13-14H2,1H3,(H,24,25). The van der Waals surface area contributed by atoms with Gasteiger partial charge in [0.25, 0.3) is 0 Å². The minimum Gasteiger partial charge on any atom is -0.489 e. The van der Waals surface area contributed by atoms with Crippen LogP contribution in [0.4, 0.5) is 0 Å². The Balaban J connectivity index is 1.27. The molecule has 4 rings (SSSR count). The fraction of sp³-hybridized carbons (Fsp3) is 0.364. The maximum absolute atomic E-state index is 12.7. The molecule has 1 aliphatic heterocycles. The molecule has 2 aromatic heterocycles. The van der Waals surface area contributed by atoms with Crippen molar-refractivity contribution in [3.63, 3.8) is 0 Å². The minimum atomic E-state index is -0.479. The Bertz CT molecular complexity index is 1030. The van der Waals surface area contributed by atoms with Crippen molar-refractivity contribution in [1.29, 1.82) is 0 Å². The number of fused-ring (bicyclic) bond motifs is 1. The van der Waals surface area contributed by atoms with Gasteiger partial charge in [-0.1, -0.05) is 12.1 Å². The van der Waals surface area contributed by atoms with Gasteiger partial charge < -0.3 is 24.1 Å². The molecule has 1 unspecified atom stereocenters. The third-order valence-corrected chi connectivity index (χ3v) is 5.08. The third kappa shape index (κ3) is 5.18. The van der Waals surface area contributed by atoms with E-state index in [4.69, 9.17) is 9.47 Å². The Hall–Kier alpha value is -3.46. The second-order valence-corrected chi connectivity index (χ2v) is 7.25. The van der Waals surface area contributed by atoms with Gasteiger partial charge in [0, 0.05) is 25.6 Å². The molecule has 1 amide bonds. The lowest BCUT2D eigenvalue weighted by atomic mass is 10.2. The summed E-state index contributed by atoms with van der Waals surface area (Å²) in [5.41, 5.74) is 2.19. The van der Waals surface area contributed by atoms with E-state index >= 15 is 0 Å². The topological polar surface area (TPSA) is 107 Å². The number of para-hydroxylation sites is 2. The predicted octanol–water partition coefficient (Wildman–Crippen LogP) is 1.98. The van der Waals surface area contributed by atoms with Crippen LogP contribution in [0.3, 0.4) is 0 Å². The number of hydrogen-bond acceptors (Lipinski definition) is 7. The summed E-state index contributed by atoms with van der Waals surface area (Å²) in [5.74, 6) is 0.830. The highest BCUT2D eigenvalue weighted by Crippen LogP contribution is 2.15. The van der Waals surface area contributed by atoms with E-state index in [0.29, 0.717) is 43.9 Å². The van der Waals surface area contributed by atoms with Crippen molar-refractivity contribution in [2.45, 2.75) is 18.9 Å². The van der Waals surface area contributed by atoms with E-state index in [-0.39, 0.29) is 18.6 Å². The zero-order valence-electron chi connectivity index (χ0n) is 17.2. The molecule has 0 saturated carbocycles.